The summed E-state index contributed by atoms with van der Waals surface area (Å²) in [5.41, 5.74) is 0. The van der Waals surface area contributed by atoms with Gasteiger partial charge in [-0.05, 0) is 70.6 Å². The number of nitrogens with one attached hydrogen (secondary N) is 1. The number of hydrogen-bond acceptors (Lipinski definition) is 13. The Hall–Kier alpha value is -2.57. The van der Waals surface area contributed by atoms with Crippen molar-refractivity contribution in [2.45, 2.75) is 229 Å². The fraction of sp³-hybridized carbons (Fsp3) is 0.750. The molecule has 0 radical (unpaired) electrons. The van der Waals surface area contributed by atoms with Crippen LogP contribution in [0.5, 0.6) is 0 Å². The van der Waals surface area contributed by atoms with E-state index in [4.69, 9.17) is 18.9 Å². The SMILES string of the molecule is CC/C=C\C/C=C\C/C=C\C/C=C\CCCCCCCCCCCCC(=O)NC(COC1OC(CO)C(OC2OC(CO)C(O)C(O)C2O)C(O)C1O)C(O)/C=C/CC/C=C/CCCCC. The molecule has 12 unspecified atom stereocenters. The first-order valence-corrected chi connectivity index (χ1v) is 25.2. The molecule has 0 spiro atoms. The summed E-state index contributed by atoms with van der Waals surface area (Å²) in [4.78, 5) is 13.1. The van der Waals surface area contributed by atoms with Crippen molar-refractivity contribution in [2.75, 3.05) is 19.8 Å². The molecule has 14 nitrogen and oxygen atoms in total. The number of rotatable bonds is 37. The first-order chi connectivity index (χ1) is 32.1. The third-order valence-electron chi connectivity index (χ3n) is 11.9. The summed E-state index contributed by atoms with van der Waals surface area (Å²) >= 11 is 0. The van der Waals surface area contributed by atoms with Crippen molar-refractivity contribution >= 4 is 5.91 Å². The lowest BCUT2D eigenvalue weighted by Crippen LogP contribution is -2.65. The molecule has 380 valence electrons. The third kappa shape index (κ3) is 25.2. The zero-order chi connectivity index (χ0) is 48.2. The minimum Gasteiger partial charge on any atom is -0.394 e. The van der Waals surface area contributed by atoms with Gasteiger partial charge in [-0.25, -0.2) is 0 Å². The van der Waals surface area contributed by atoms with Gasteiger partial charge in [-0.2, -0.15) is 0 Å². The molecule has 2 fully saturated rings. The van der Waals surface area contributed by atoms with Crippen LogP contribution in [-0.4, -0.2) is 140 Å². The van der Waals surface area contributed by atoms with Gasteiger partial charge in [0.25, 0.3) is 0 Å². The number of unbranched alkanes of at least 4 members (excludes halogenated alkanes) is 14. The van der Waals surface area contributed by atoms with Gasteiger partial charge in [-0.3, -0.25) is 4.79 Å². The summed E-state index contributed by atoms with van der Waals surface area (Å²) in [6.07, 6.45) is 31.1. The first-order valence-electron chi connectivity index (χ1n) is 25.2. The lowest BCUT2D eigenvalue weighted by atomic mass is 9.97. The molecule has 0 bridgehead atoms. The highest BCUT2D eigenvalue weighted by Gasteiger charge is 2.51. The van der Waals surface area contributed by atoms with Crippen LogP contribution < -0.4 is 5.32 Å². The molecule has 1 amide bonds. The van der Waals surface area contributed by atoms with Crippen LogP contribution in [0.15, 0.2) is 72.9 Å². The molecule has 66 heavy (non-hydrogen) atoms. The Bertz CT molecular complexity index is 1380. The van der Waals surface area contributed by atoms with Crippen LogP contribution >= 0.6 is 0 Å². The molecule has 2 heterocycles. The second-order valence-electron chi connectivity index (χ2n) is 17.6. The predicted molar refractivity (Wildman–Crippen MR) is 258 cm³/mol. The summed E-state index contributed by atoms with van der Waals surface area (Å²) in [6, 6.07) is -0.934. The Morgan fingerprint density at radius 1 is 0.561 bits per heavy atom. The van der Waals surface area contributed by atoms with E-state index in [1.165, 1.54) is 51.4 Å². The van der Waals surface area contributed by atoms with Crippen molar-refractivity contribution in [3.8, 4) is 0 Å². The molecule has 12 atom stereocenters. The number of carbonyl (C=O) groups excluding carboxylic acids is 1. The van der Waals surface area contributed by atoms with Gasteiger partial charge < -0.3 is 65.1 Å². The third-order valence-corrected chi connectivity index (χ3v) is 11.9. The van der Waals surface area contributed by atoms with Crippen molar-refractivity contribution in [1.29, 1.82) is 0 Å². The quantitative estimate of drug-likeness (QED) is 0.0242. The van der Waals surface area contributed by atoms with Crippen molar-refractivity contribution < 1.29 is 64.6 Å². The molecule has 0 aromatic heterocycles. The van der Waals surface area contributed by atoms with Crippen molar-refractivity contribution in [3.63, 3.8) is 0 Å². The van der Waals surface area contributed by atoms with E-state index < -0.39 is 86.8 Å². The number of allylic oxidation sites excluding steroid dienone is 11. The Labute approximate surface area is 396 Å². The van der Waals surface area contributed by atoms with Gasteiger partial charge in [0.2, 0.25) is 5.91 Å². The van der Waals surface area contributed by atoms with Gasteiger partial charge in [-0.15, -0.1) is 0 Å². The maximum Gasteiger partial charge on any atom is 0.220 e. The molecular weight excluding hydrogens is 847 g/mol. The maximum atomic E-state index is 13.1. The van der Waals surface area contributed by atoms with Crippen molar-refractivity contribution in [1.82, 2.24) is 5.32 Å². The topological polar surface area (TPSA) is 228 Å². The standard InChI is InChI=1S/C52H89NO13/c1-3-5-7-9-11-13-14-15-16-17-18-19-20-21-22-23-24-25-26-28-30-32-34-36-44(57)53-40(41(56)35-33-31-29-27-12-10-8-6-4-2)39-63-51-49(62)47(60)50(43(38-55)65-51)66-52-48(61)46(59)45(58)42(37-54)64-52/h5,7,11-13,15-16,18-19,27,33,35,40-43,45-52,54-56,58-62H,3-4,6,8-10,14,17,20-26,28-32,34,36-39H2,1-2H3,(H,53,57)/b7-5-,13-11-,16-15-,19-18-,27-12+,35-33+. The minimum atomic E-state index is -1.79. The number of amides is 1. The van der Waals surface area contributed by atoms with E-state index in [2.05, 4.69) is 79.9 Å². The summed E-state index contributed by atoms with van der Waals surface area (Å²) in [6.45, 7) is 2.57. The minimum absolute atomic E-state index is 0.261. The molecule has 0 aromatic carbocycles. The molecule has 2 saturated heterocycles. The number of hydrogen-bond donors (Lipinski definition) is 9. The maximum absolute atomic E-state index is 13.1. The Morgan fingerprint density at radius 2 is 1.06 bits per heavy atom. The van der Waals surface area contributed by atoms with E-state index in [9.17, 15) is 45.6 Å². The van der Waals surface area contributed by atoms with E-state index in [0.29, 0.717) is 12.8 Å². The zero-order valence-corrected chi connectivity index (χ0v) is 40.2. The van der Waals surface area contributed by atoms with Gasteiger partial charge >= 0.3 is 0 Å². The predicted octanol–water partition coefficient (Wildman–Crippen LogP) is 6.43. The number of aliphatic hydroxyl groups excluding tert-OH is 8. The second kappa shape index (κ2) is 38.3. The molecule has 0 aliphatic carbocycles. The van der Waals surface area contributed by atoms with Crippen molar-refractivity contribution in [3.05, 3.63) is 72.9 Å². The molecule has 2 aliphatic rings. The number of aliphatic hydroxyl groups is 8. The highest BCUT2D eigenvalue weighted by Crippen LogP contribution is 2.30. The van der Waals surface area contributed by atoms with Crippen LogP contribution in [0.2, 0.25) is 0 Å². The Balaban J connectivity index is 1.77. The van der Waals surface area contributed by atoms with Gasteiger partial charge in [0.1, 0.15) is 48.8 Å². The average molecular weight is 936 g/mol. The normalized spacial score (nSPS) is 27.4. The van der Waals surface area contributed by atoms with Crippen molar-refractivity contribution in [2.24, 2.45) is 0 Å². The highest BCUT2D eigenvalue weighted by molar-refractivity contribution is 5.76. The zero-order valence-electron chi connectivity index (χ0n) is 40.2. The van der Waals surface area contributed by atoms with E-state index in [1.807, 2.05) is 6.08 Å². The molecule has 2 aliphatic heterocycles. The van der Waals surface area contributed by atoms with Crippen LogP contribution in [0.4, 0.5) is 0 Å². The van der Waals surface area contributed by atoms with E-state index in [0.717, 1.165) is 70.6 Å². The fourth-order valence-electron chi connectivity index (χ4n) is 7.77. The number of ether oxygens (including phenoxy) is 4. The van der Waals surface area contributed by atoms with Crippen LogP contribution in [0, 0.1) is 0 Å². The molecule has 9 N–H and O–H groups in total. The summed E-state index contributed by atoms with van der Waals surface area (Å²) in [5, 5.41) is 86.5. The van der Waals surface area contributed by atoms with Crippen LogP contribution in [0.3, 0.4) is 0 Å². The molecule has 2 rings (SSSR count). The molecule has 14 heteroatoms. The lowest BCUT2D eigenvalue weighted by molar-refractivity contribution is -0.359. The smallest absolute Gasteiger partial charge is 0.220 e. The highest BCUT2D eigenvalue weighted by atomic mass is 16.7. The molecule has 0 saturated carbocycles. The van der Waals surface area contributed by atoms with Gasteiger partial charge in [0.05, 0.1) is 32.0 Å². The lowest BCUT2D eigenvalue weighted by Gasteiger charge is -2.46. The first kappa shape index (κ1) is 59.6. The summed E-state index contributed by atoms with van der Waals surface area (Å²) < 4.78 is 22.6. The van der Waals surface area contributed by atoms with E-state index in [-0.39, 0.29) is 18.9 Å². The molecule has 0 aromatic rings. The van der Waals surface area contributed by atoms with Crippen LogP contribution in [0.1, 0.15) is 155 Å². The largest absolute Gasteiger partial charge is 0.394 e. The van der Waals surface area contributed by atoms with Crippen LogP contribution in [0.25, 0.3) is 0 Å². The van der Waals surface area contributed by atoms with E-state index in [1.54, 1.807) is 6.08 Å². The van der Waals surface area contributed by atoms with Gasteiger partial charge in [-0.1, -0.05) is 151 Å². The van der Waals surface area contributed by atoms with Gasteiger partial charge in [0, 0.05) is 6.42 Å². The summed E-state index contributed by atoms with van der Waals surface area (Å²) in [5.74, 6) is -0.261. The monoisotopic (exact) mass is 936 g/mol. The van der Waals surface area contributed by atoms with E-state index >= 15 is 0 Å². The Morgan fingerprint density at radius 3 is 1.67 bits per heavy atom. The number of carbonyl (C=O) groups is 1. The summed E-state index contributed by atoms with van der Waals surface area (Å²) in [7, 11) is 0. The van der Waals surface area contributed by atoms with Crippen LogP contribution in [-0.2, 0) is 23.7 Å². The second-order valence-corrected chi connectivity index (χ2v) is 17.6. The average Bonchev–Trinajstić information content (AvgIpc) is 3.31. The molecular formula is C52H89NO13. The fourth-order valence-corrected chi connectivity index (χ4v) is 7.77. The van der Waals surface area contributed by atoms with Gasteiger partial charge in [0.15, 0.2) is 12.6 Å². The Kier molecular flexibility index (Phi) is 34.6.